The highest BCUT2D eigenvalue weighted by Crippen LogP contribution is 2.25. The van der Waals surface area contributed by atoms with Gasteiger partial charge in [-0.3, -0.25) is 0 Å². The van der Waals surface area contributed by atoms with Crippen molar-refractivity contribution in [3.63, 3.8) is 0 Å². The minimum absolute atomic E-state index is 0.154. The van der Waals surface area contributed by atoms with Crippen molar-refractivity contribution < 1.29 is 19.4 Å². The standard InChI is InChI=1S/C22H24N2O4S/c1-3-27-21(26)17-9-11-19(12-10-17)28-14-18(25)15-29-22-23-13-20(24(22)2)16-7-5-4-6-8-16/h4-13,18,25H,3,14-15H2,1-2H3. The number of benzene rings is 2. The van der Waals surface area contributed by atoms with Gasteiger partial charge >= 0.3 is 5.97 Å². The first-order valence-corrected chi connectivity index (χ1v) is 10.3. The van der Waals surface area contributed by atoms with Gasteiger partial charge in [-0.2, -0.15) is 0 Å². The van der Waals surface area contributed by atoms with Gasteiger partial charge in [-0.05, 0) is 36.8 Å². The molecule has 0 amide bonds. The van der Waals surface area contributed by atoms with Gasteiger partial charge in [-0.25, -0.2) is 9.78 Å². The van der Waals surface area contributed by atoms with Crippen molar-refractivity contribution in [1.29, 1.82) is 0 Å². The molecular formula is C22H24N2O4S. The van der Waals surface area contributed by atoms with Crippen LogP contribution in [0.4, 0.5) is 0 Å². The second-order valence-corrected chi connectivity index (χ2v) is 7.36. The monoisotopic (exact) mass is 412 g/mol. The largest absolute Gasteiger partial charge is 0.491 e. The number of imidazole rings is 1. The molecule has 0 spiro atoms. The molecule has 0 fully saturated rings. The van der Waals surface area contributed by atoms with Gasteiger partial charge < -0.3 is 19.1 Å². The summed E-state index contributed by atoms with van der Waals surface area (Å²) in [5.41, 5.74) is 2.60. The van der Waals surface area contributed by atoms with E-state index in [-0.39, 0.29) is 12.6 Å². The molecule has 3 aromatic rings. The van der Waals surface area contributed by atoms with Crippen molar-refractivity contribution in [2.24, 2.45) is 7.05 Å². The van der Waals surface area contributed by atoms with Gasteiger partial charge in [-0.1, -0.05) is 42.1 Å². The molecule has 1 N–H and O–H groups in total. The highest BCUT2D eigenvalue weighted by molar-refractivity contribution is 7.99. The summed E-state index contributed by atoms with van der Waals surface area (Å²) in [6.45, 7) is 2.26. The lowest BCUT2D eigenvalue weighted by Crippen LogP contribution is -2.20. The molecule has 1 unspecified atom stereocenters. The summed E-state index contributed by atoms with van der Waals surface area (Å²) in [6.07, 6.45) is 1.19. The minimum Gasteiger partial charge on any atom is -0.491 e. The van der Waals surface area contributed by atoms with E-state index < -0.39 is 6.10 Å². The molecular weight excluding hydrogens is 388 g/mol. The molecule has 29 heavy (non-hydrogen) atoms. The highest BCUT2D eigenvalue weighted by atomic mass is 32.2. The van der Waals surface area contributed by atoms with Crippen molar-refractivity contribution in [1.82, 2.24) is 9.55 Å². The Labute approximate surface area is 174 Å². The summed E-state index contributed by atoms with van der Waals surface area (Å²) < 4.78 is 12.6. The van der Waals surface area contributed by atoms with E-state index in [1.165, 1.54) is 11.8 Å². The lowest BCUT2D eigenvalue weighted by molar-refractivity contribution is 0.0526. The molecule has 2 aromatic carbocycles. The zero-order valence-electron chi connectivity index (χ0n) is 16.4. The summed E-state index contributed by atoms with van der Waals surface area (Å²) in [5, 5.41) is 11.1. The van der Waals surface area contributed by atoms with Gasteiger partial charge in [0.2, 0.25) is 0 Å². The Balaban J connectivity index is 1.49. The number of nitrogens with zero attached hydrogens (tertiary/aromatic N) is 2. The van der Waals surface area contributed by atoms with Crippen molar-refractivity contribution in [2.45, 2.75) is 18.2 Å². The SMILES string of the molecule is CCOC(=O)c1ccc(OCC(O)CSc2ncc(-c3ccccc3)n2C)cc1. The average Bonchev–Trinajstić information content (AvgIpc) is 3.12. The van der Waals surface area contributed by atoms with Gasteiger partial charge in [0.1, 0.15) is 12.4 Å². The molecule has 0 saturated heterocycles. The minimum atomic E-state index is -0.651. The zero-order chi connectivity index (χ0) is 20.6. The summed E-state index contributed by atoms with van der Waals surface area (Å²) in [6, 6.07) is 16.7. The van der Waals surface area contributed by atoms with Crippen molar-refractivity contribution in [3.05, 3.63) is 66.4 Å². The number of hydrogen-bond acceptors (Lipinski definition) is 6. The Kier molecular flexibility index (Phi) is 7.32. The van der Waals surface area contributed by atoms with Crippen LogP contribution in [-0.4, -0.2) is 45.7 Å². The summed E-state index contributed by atoms with van der Waals surface area (Å²) in [5.74, 6) is 0.686. The molecule has 0 saturated carbocycles. The molecule has 3 rings (SSSR count). The Morgan fingerprint density at radius 2 is 1.90 bits per heavy atom. The predicted octanol–water partition coefficient (Wildman–Crippen LogP) is 3.80. The van der Waals surface area contributed by atoms with Crippen LogP contribution in [0.15, 0.2) is 66.0 Å². The number of aliphatic hydroxyl groups is 1. The van der Waals surface area contributed by atoms with Crippen LogP contribution in [0.5, 0.6) is 5.75 Å². The molecule has 6 nitrogen and oxygen atoms in total. The van der Waals surface area contributed by atoms with Gasteiger partial charge in [0.15, 0.2) is 5.16 Å². The van der Waals surface area contributed by atoms with Gasteiger partial charge in [0.05, 0.1) is 30.2 Å². The van der Waals surface area contributed by atoms with Crippen LogP contribution in [-0.2, 0) is 11.8 Å². The topological polar surface area (TPSA) is 73.6 Å². The third kappa shape index (κ3) is 5.62. The molecule has 7 heteroatoms. The molecule has 0 aliphatic carbocycles. The highest BCUT2D eigenvalue weighted by Gasteiger charge is 2.13. The van der Waals surface area contributed by atoms with Crippen LogP contribution in [0.1, 0.15) is 17.3 Å². The molecule has 0 aliphatic rings. The number of ether oxygens (including phenoxy) is 2. The average molecular weight is 413 g/mol. The smallest absolute Gasteiger partial charge is 0.338 e. The fourth-order valence-electron chi connectivity index (χ4n) is 2.72. The lowest BCUT2D eigenvalue weighted by Gasteiger charge is -2.12. The maximum absolute atomic E-state index is 11.6. The van der Waals surface area contributed by atoms with E-state index in [1.54, 1.807) is 31.2 Å². The number of esters is 1. The van der Waals surface area contributed by atoms with Crippen molar-refractivity contribution in [2.75, 3.05) is 19.0 Å². The third-order valence-electron chi connectivity index (χ3n) is 4.23. The van der Waals surface area contributed by atoms with Crippen LogP contribution < -0.4 is 4.74 Å². The quantitative estimate of drug-likeness (QED) is 0.426. The van der Waals surface area contributed by atoms with Crippen molar-refractivity contribution >= 4 is 17.7 Å². The Morgan fingerprint density at radius 1 is 1.17 bits per heavy atom. The normalized spacial score (nSPS) is 11.8. The van der Waals surface area contributed by atoms with Crippen LogP contribution in [0, 0.1) is 0 Å². The Morgan fingerprint density at radius 3 is 2.59 bits per heavy atom. The van der Waals surface area contributed by atoms with E-state index in [4.69, 9.17) is 9.47 Å². The second-order valence-electron chi connectivity index (χ2n) is 6.37. The van der Waals surface area contributed by atoms with Gasteiger partial charge in [0, 0.05) is 12.8 Å². The van der Waals surface area contributed by atoms with Crippen LogP contribution in [0.3, 0.4) is 0 Å². The lowest BCUT2D eigenvalue weighted by atomic mass is 10.2. The fraction of sp³-hybridized carbons (Fsp3) is 0.273. The first-order valence-electron chi connectivity index (χ1n) is 9.36. The Bertz CT molecular complexity index is 926. The van der Waals surface area contributed by atoms with Crippen LogP contribution in [0.2, 0.25) is 0 Å². The first-order chi connectivity index (χ1) is 14.1. The maximum Gasteiger partial charge on any atom is 0.338 e. The first kappa shape index (κ1) is 21.0. The number of hydrogen-bond donors (Lipinski definition) is 1. The van der Waals surface area contributed by atoms with Crippen molar-refractivity contribution in [3.8, 4) is 17.0 Å². The molecule has 1 aromatic heterocycles. The van der Waals surface area contributed by atoms with E-state index in [0.29, 0.717) is 23.7 Å². The molecule has 0 aliphatic heterocycles. The second kappa shape index (κ2) is 10.1. The van der Waals surface area contributed by atoms with E-state index in [0.717, 1.165) is 16.4 Å². The number of thioether (sulfide) groups is 1. The van der Waals surface area contributed by atoms with Crippen LogP contribution >= 0.6 is 11.8 Å². The number of aromatic nitrogens is 2. The van der Waals surface area contributed by atoms with E-state index >= 15 is 0 Å². The fourth-order valence-corrected chi connectivity index (χ4v) is 3.57. The van der Waals surface area contributed by atoms with Gasteiger partial charge in [-0.15, -0.1) is 0 Å². The molecule has 0 bridgehead atoms. The van der Waals surface area contributed by atoms with E-state index in [9.17, 15) is 9.90 Å². The molecule has 1 heterocycles. The van der Waals surface area contributed by atoms with E-state index in [2.05, 4.69) is 4.98 Å². The van der Waals surface area contributed by atoms with Crippen LogP contribution in [0.25, 0.3) is 11.3 Å². The zero-order valence-corrected chi connectivity index (χ0v) is 17.3. The third-order valence-corrected chi connectivity index (χ3v) is 5.42. The summed E-state index contributed by atoms with van der Waals surface area (Å²) in [4.78, 5) is 16.1. The number of carbonyl (C=O) groups excluding carboxylic acids is 1. The number of rotatable bonds is 9. The van der Waals surface area contributed by atoms with E-state index in [1.807, 2.05) is 48.1 Å². The van der Waals surface area contributed by atoms with Gasteiger partial charge in [0.25, 0.3) is 0 Å². The Hall–Kier alpha value is -2.77. The predicted molar refractivity (Wildman–Crippen MR) is 113 cm³/mol. The molecule has 152 valence electrons. The number of carbonyl (C=O) groups is 1. The summed E-state index contributed by atoms with van der Waals surface area (Å²) >= 11 is 1.48. The maximum atomic E-state index is 11.6. The number of aliphatic hydroxyl groups excluding tert-OH is 1. The molecule has 1 atom stereocenters. The molecule has 0 radical (unpaired) electrons. The summed E-state index contributed by atoms with van der Waals surface area (Å²) in [7, 11) is 1.96.